The highest BCUT2D eigenvalue weighted by Crippen LogP contribution is 2.39. The highest BCUT2D eigenvalue weighted by atomic mass is 32.1. The van der Waals surface area contributed by atoms with E-state index in [0.717, 1.165) is 0 Å². The molecule has 98 valence electrons. The van der Waals surface area contributed by atoms with Gasteiger partial charge in [-0.2, -0.15) is 0 Å². The summed E-state index contributed by atoms with van der Waals surface area (Å²) in [5.41, 5.74) is 2.91. The third-order valence-corrected chi connectivity index (χ3v) is 5.06. The lowest BCUT2D eigenvalue weighted by atomic mass is 9.99. The zero-order chi connectivity index (χ0) is 13.6. The van der Waals surface area contributed by atoms with Crippen molar-refractivity contribution in [3.8, 4) is 0 Å². The molecule has 3 rings (SSSR count). The molecule has 0 radical (unpaired) electrons. The Kier molecular flexibility index (Phi) is 3.10. The molecule has 0 N–H and O–H groups in total. The van der Waals surface area contributed by atoms with Crippen LogP contribution in [-0.4, -0.2) is 0 Å². The Bertz CT molecular complexity index is 732. The SMILES string of the molecule is CC(C)c1ccc2c(c1)sc1c(C(C)C)cccc12. The summed E-state index contributed by atoms with van der Waals surface area (Å²) in [5, 5.41) is 2.83. The van der Waals surface area contributed by atoms with Gasteiger partial charge in [0.1, 0.15) is 0 Å². The molecule has 1 heterocycles. The van der Waals surface area contributed by atoms with Crippen LogP contribution in [0.3, 0.4) is 0 Å². The fourth-order valence-corrected chi connectivity index (χ4v) is 4.06. The zero-order valence-corrected chi connectivity index (χ0v) is 12.8. The Labute approximate surface area is 119 Å². The zero-order valence-electron chi connectivity index (χ0n) is 12.0. The second-order valence-electron chi connectivity index (χ2n) is 5.89. The maximum atomic E-state index is 2.37. The molecule has 0 unspecified atom stereocenters. The molecule has 0 fully saturated rings. The van der Waals surface area contributed by atoms with Crippen molar-refractivity contribution < 1.29 is 0 Å². The monoisotopic (exact) mass is 268 g/mol. The second-order valence-corrected chi connectivity index (χ2v) is 6.94. The summed E-state index contributed by atoms with van der Waals surface area (Å²) in [6.07, 6.45) is 0. The molecule has 3 aromatic rings. The van der Waals surface area contributed by atoms with Gasteiger partial charge in [-0.1, -0.05) is 58.0 Å². The molecule has 0 aliphatic carbocycles. The lowest BCUT2D eigenvalue weighted by Crippen LogP contribution is -1.86. The molecule has 0 saturated heterocycles. The summed E-state index contributed by atoms with van der Waals surface area (Å²) >= 11 is 1.95. The summed E-state index contributed by atoms with van der Waals surface area (Å²) in [5.74, 6) is 1.18. The van der Waals surface area contributed by atoms with Crippen molar-refractivity contribution in [1.29, 1.82) is 0 Å². The topological polar surface area (TPSA) is 0 Å². The highest BCUT2D eigenvalue weighted by molar-refractivity contribution is 7.26. The molecule has 0 nitrogen and oxygen atoms in total. The molecule has 0 amide bonds. The predicted molar refractivity (Wildman–Crippen MR) is 87.5 cm³/mol. The Morgan fingerprint density at radius 2 is 1.63 bits per heavy atom. The summed E-state index contributed by atoms with van der Waals surface area (Å²) in [7, 11) is 0. The summed E-state index contributed by atoms with van der Waals surface area (Å²) in [6, 6.07) is 13.7. The molecular formula is C18H20S. The van der Waals surface area contributed by atoms with Gasteiger partial charge in [0.05, 0.1) is 0 Å². The third kappa shape index (κ3) is 2.06. The fraction of sp³-hybridized carbons (Fsp3) is 0.333. The molecule has 2 aromatic carbocycles. The van der Waals surface area contributed by atoms with Crippen LogP contribution in [0.1, 0.15) is 50.7 Å². The minimum atomic E-state index is 0.585. The lowest BCUT2D eigenvalue weighted by Gasteiger charge is -2.05. The normalized spacial score (nSPS) is 12.1. The van der Waals surface area contributed by atoms with Gasteiger partial charge in [-0.05, 0) is 29.0 Å². The van der Waals surface area contributed by atoms with Gasteiger partial charge in [0.2, 0.25) is 0 Å². The Balaban J connectivity index is 2.34. The van der Waals surface area contributed by atoms with Crippen LogP contribution in [-0.2, 0) is 0 Å². The van der Waals surface area contributed by atoms with Gasteiger partial charge in [0, 0.05) is 20.2 Å². The molecule has 19 heavy (non-hydrogen) atoms. The Hall–Kier alpha value is -1.34. The minimum Gasteiger partial charge on any atom is -0.135 e. The van der Waals surface area contributed by atoms with Crippen LogP contribution in [0.5, 0.6) is 0 Å². The quantitative estimate of drug-likeness (QED) is 0.511. The van der Waals surface area contributed by atoms with Gasteiger partial charge in [-0.3, -0.25) is 0 Å². The van der Waals surface area contributed by atoms with Gasteiger partial charge >= 0.3 is 0 Å². The van der Waals surface area contributed by atoms with Gasteiger partial charge in [-0.25, -0.2) is 0 Å². The van der Waals surface area contributed by atoms with Crippen LogP contribution in [0.4, 0.5) is 0 Å². The maximum Gasteiger partial charge on any atom is 0.0390 e. The highest BCUT2D eigenvalue weighted by Gasteiger charge is 2.11. The van der Waals surface area contributed by atoms with E-state index in [1.54, 1.807) is 0 Å². The average Bonchev–Trinajstić information content (AvgIpc) is 2.75. The molecule has 0 spiro atoms. The molecule has 0 atom stereocenters. The first-order valence-corrected chi connectivity index (χ1v) is 7.84. The van der Waals surface area contributed by atoms with E-state index in [2.05, 4.69) is 64.1 Å². The van der Waals surface area contributed by atoms with E-state index < -0.39 is 0 Å². The lowest BCUT2D eigenvalue weighted by molar-refractivity contribution is 0.869. The molecule has 1 aromatic heterocycles. The Morgan fingerprint density at radius 3 is 2.32 bits per heavy atom. The number of hydrogen-bond acceptors (Lipinski definition) is 1. The van der Waals surface area contributed by atoms with Crippen LogP contribution in [0, 0.1) is 0 Å². The molecule has 1 heteroatoms. The van der Waals surface area contributed by atoms with E-state index >= 15 is 0 Å². The first-order chi connectivity index (χ1) is 9.08. The van der Waals surface area contributed by atoms with E-state index in [1.807, 2.05) is 11.3 Å². The van der Waals surface area contributed by atoms with Crippen molar-refractivity contribution >= 4 is 31.5 Å². The van der Waals surface area contributed by atoms with E-state index in [4.69, 9.17) is 0 Å². The molecular weight excluding hydrogens is 248 g/mol. The van der Waals surface area contributed by atoms with Crippen molar-refractivity contribution in [2.45, 2.75) is 39.5 Å². The molecule has 0 bridgehead atoms. The maximum absolute atomic E-state index is 2.37. The van der Waals surface area contributed by atoms with Crippen molar-refractivity contribution in [1.82, 2.24) is 0 Å². The number of fused-ring (bicyclic) bond motifs is 3. The van der Waals surface area contributed by atoms with Crippen LogP contribution >= 0.6 is 11.3 Å². The standard InChI is InChI=1S/C18H20S/c1-11(2)13-8-9-15-16-7-5-6-14(12(3)4)18(16)19-17(15)10-13/h5-12H,1-4H3. The predicted octanol–water partition coefficient (Wildman–Crippen LogP) is 6.30. The molecule has 0 aliphatic heterocycles. The number of benzene rings is 2. The number of rotatable bonds is 2. The summed E-state index contributed by atoms with van der Waals surface area (Å²) in [4.78, 5) is 0. The third-order valence-electron chi connectivity index (χ3n) is 3.84. The van der Waals surface area contributed by atoms with Crippen LogP contribution in [0.15, 0.2) is 36.4 Å². The van der Waals surface area contributed by atoms with Crippen LogP contribution in [0.2, 0.25) is 0 Å². The van der Waals surface area contributed by atoms with E-state index in [0.29, 0.717) is 11.8 Å². The second kappa shape index (κ2) is 4.64. The average molecular weight is 268 g/mol. The minimum absolute atomic E-state index is 0.585. The molecule has 0 saturated carbocycles. The van der Waals surface area contributed by atoms with Gasteiger partial charge in [0.15, 0.2) is 0 Å². The van der Waals surface area contributed by atoms with Crippen molar-refractivity contribution in [3.63, 3.8) is 0 Å². The van der Waals surface area contributed by atoms with Gasteiger partial charge in [-0.15, -0.1) is 11.3 Å². The van der Waals surface area contributed by atoms with Crippen molar-refractivity contribution in [2.24, 2.45) is 0 Å². The first kappa shape index (κ1) is 12.7. The molecule has 0 aliphatic rings. The first-order valence-electron chi connectivity index (χ1n) is 7.03. The van der Waals surface area contributed by atoms with E-state index in [9.17, 15) is 0 Å². The van der Waals surface area contributed by atoms with Crippen molar-refractivity contribution in [2.75, 3.05) is 0 Å². The smallest absolute Gasteiger partial charge is 0.0390 e. The van der Waals surface area contributed by atoms with Crippen LogP contribution in [0.25, 0.3) is 20.2 Å². The van der Waals surface area contributed by atoms with Crippen LogP contribution < -0.4 is 0 Å². The summed E-state index contributed by atoms with van der Waals surface area (Å²) in [6.45, 7) is 9.07. The van der Waals surface area contributed by atoms with E-state index in [1.165, 1.54) is 31.3 Å². The fourth-order valence-electron chi connectivity index (χ4n) is 2.65. The largest absolute Gasteiger partial charge is 0.135 e. The van der Waals surface area contributed by atoms with E-state index in [-0.39, 0.29) is 0 Å². The van der Waals surface area contributed by atoms with Crippen molar-refractivity contribution in [3.05, 3.63) is 47.5 Å². The van der Waals surface area contributed by atoms with Gasteiger partial charge < -0.3 is 0 Å². The Morgan fingerprint density at radius 1 is 0.842 bits per heavy atom. The number of thiophene rings is 1. The number of hydrogen-bond donors (Lipinski definition) is 0. The van der Waals surface area contributed by atoms with Gasteiger partial charge in [0.25, 0.3) is 0 Å². The summed E-state index contributed by atoms with van der Waals surface area (Å²) < 4.78 is 2.89.